The quantitative estimate of drug-likeness (QED) is 0.842. The molecule has 1 aliphatic heterocycles. The van der Waals surface area contributed by atoms with Gasteiger partial charge in [-0.15, -0.1) is 0 Å². The minimum Gasteiger partial charge on any atom is -0.486 e. The number of benzene rings is 1. The Hall–Kier alpha value is -1.65. The van der Waals surface area contributed by atoms with Gasteiger partial charge < -0.3 is 14.4 Å². The molecule has 1 aromatic heterocycles. The molecule has 1 aliphatic rings. The Balaban J connectivity index is 1.89. The summed E-state index contributed by atoms with van der Waals surface area (Å²) in [7, 11) is 4.11. The molecule has 2 unspecified atom stereocenters. The van der Waals surface area contributed by atoms with E-state index < -0.39 is 0 Å². The van der Waals surface area contributed by atoms with E-state index >= 15 is 0 Å². The van der Waals surface area contributed by atoms with Gasteiger partial charge in [-0.25, -0.2) is 0 Å². The van der Waals surface area contributed by atoms with Gasteiger partial charge in [-0.1, -0.05) is 12.1 Å². The van der Waals surface area contributed by atoms with E-state index in [2.05, 4.69) is 24.0 Å². The highest BCUT2D eigenvalue weighted by Gasteiger charge is 2.31. The first-order valence-corrected chi connectivity index (χ1v) is 6.50. The van der Waals surface area contributed by atoms with Crippen molar-refractivity contribution >= 4 is 10.9 Å². The molecule has 2 heterocycles. The van der Waals surface area contributed by atoms with Crippen LogP contribution in [0.4, 0.5) is 0 Å². The third kappa shape index (κ3) is 2.41. The van der Waals surface area contributed by atoms with Crippen LogP contribution in [0.3, 0.4) is 0 Å². The smallest absolute Gasteiger partial charge is 0.140 e. The van der Waals surface area contributed by atoms with Gasteiger partial charge in [0.05, 0.1) is 24.8 Å². The molecule has 0 radical (unpaired) electrons. The van der Waals surface area contributed by atoms with Gasteiger partial charge in [-0.05, 0) is 32.3 Å². The van der Waals surface area contributed by atoms with Crippen molar-refractivity contribution in [3.05, 3.63) is 36.5 Å². The molecule has 0 N–H and O–H groups in total. The number of pyridine rings is 1. The Kier molecular flexibility index (Phi) is 3.36. The molecular weight excluding hydrogens is 240 g/mol. The van der Waals surface area contributed by atoms with Crippen LogP contribution in [0.1, 0.15) is 0 Å². The summed E-state index contributed by atoms with van der Waals surface area (Å²) in [6, 6.07) is 10.3. The Bertz CT molecular complexity index is 566. The van der Waals surface area contributed by atoms with Crippen LogP contribution >= 0.6 is 0 Å². The van der Waals surface area contributed by atoms with Gasteiger partial charge in [-0.2, -0.15) is 0 Å². The highest BCUT2D eigenvalue weighted by atomic mass is 16.5. The highest BCUT2D eigenvalue weighted by molar-refractivity contribution is 5.84. The lowest BCUT2D eigenvalue weighted by atomic mass is 10.1. The molecule has 0 bridgehead atoms. The van der Waals surface area contributed by atoms with Crippen LogP contribution in [0.2, 0.25) is 0 Å². The van der Waals surface area contributed by atoms with Gasteiger partial charge in [-0.3, -0.25) is 4.98 Å². The first-order valence-electron chi connectivity index (χ1n) is 6.50. The van der Waals surface area contributed by atoms with E-state index in [9.17, 15) is 0 Å². The molecule has 1 fully saturated rings. The minimum atomic E-state index is 0.0702. The molecule has 2 atom stereocenters. The first kappa shape index (κ1) is 12.4. The van der Waals surface area contributed by atoms with E-state index in [1.54, 1.807) is 6.20 Å². The fourth-order valence-electron chi connectivity index (χ4n) is 2.45. The molecule has 0 saturated carbocycles. The SMILES string of the molecule is CN(C)C1COCC1Oc1ccnc2ccccc12. The molecule has 19 heavy (non-hydrogen) atoms. The van der Waals surface area contributed by atoms with Crippen molar-refractivity contribution in [2.45, 2.75) is 12.1 Å². The fourth-order valence-corrected chi connectivity index (χ4v) is 2.45. The summed E-state index contributed by atoms with van der Waals surface area (Å²) in [5.74, 6) is 0.882. The molecule has 3 rings (SSSR count). The molecule has 4 nitrogen and oxygen atoms in total. The minimum absolute atomic E-state index is 0.0702. The van der Waals surface area contributed by atoms with Crippen molar-refractivity contribution in [1.29, 1.82) is 0 Å². The number of para-hydroxylation sites is 1. The van der Waals surface area contributed by atoms with Crippen molar-refractivity contribution in [1.82, 2.24) is 9.88 Å². The average molecular weight is 258 g/mol. The zero-order valence-corrected chi connectivity index (χ0v) is 11.2. The Morgan fingerprint density at radius 3 is 2.89 bits per heavy atom. The van der Waals surface area contributed by atoms with Gasteiger partial charge in [0.15, 0.2) is 0 Å². The standard InChI is InChI=1S/C15H18N2O2/c1-17(2)13-9-18-10-15(13)19-14-7-8-16-12-6-4-3-5-11(12)14/h3-8,13,15H,9-10H2,1-2H3. The van der Waals surface area contributed by atoms with Crippen LogP contribution in [-0.2, 0) is 4.74 Å². The topological polar surface area (TPSA) is 34.6 Å². The third-order valence-electron chi connectivity index (χ3n) is 3.55. The summed E-state index contributed by atoms with van der Waals surface area (Å²) in [6.07, 6.45) is 1.86. The zero-order chi connectivity index (χ0) is 13.2. The van der Waals surface area contributed by atoms with Gasteiger partial charge >= 0.3 is 0 Å². The lowest BCUT2D eigenvalue weighted by molar-refractivity contribution is 0.128. The summed E-state index contributed by atoms with van der Waals surface area (Å²) in [4.78, 5) is 6.50. The van der Waals surface area contributed by atoms with E-state index in [-0.39, 0.29) is 6.10 Å². The Morgan fingerprint density at radius 2 is 2.05 bits per heavy atom. The summed E-state index contributed by atoms with van der Waals surface area (Å²) < 4.78 is 11.7. The molecule has 1 saturated heterocycles. The first-order chi connectivity index (χ1) is 9.25. The lowest BCUT2D eigenvalue weighted by Crippen LogP contribution is -2.41. The van der Waals surface area contributed by atoms with Crippen molar-refractivity contribution in [2.24, 2.45) is 0 Å². The van der Waals surface area contributed by atoms with Crippen LogP contribution < -0.4 is 4.74 Å². The fraction of sp³-hybridized carbons (Fsp3) is 0.400. The second-order valence-electron chi connectivity index (χ2n) is 5.05. The molecule has 0 amide bonds. The number of hydrogen-bond acceptors (Lipinski definition) is 4. The highest BCUT2D eigenvalue weighted by Crippen LogP contribution is 2.26. The average Bonchev–Trinajstić information content (AvgIpc) is 2.87. The van der Waals surface area contributed by atoms with Gasteiger partial charge in [0, 0.05) is 11.6 Å². The van der Waals surface area contributed by atoms with Crippen molar-refractivity contribution in [2.75, 3.05) is 27.3 Å². The monoisotopic (exact) mass is 258 g/mol. The molecule has 100 valence electrons. The Labute approximate surface area is 113 Å². The van der Waals surface area contributed by atoms with Gasteiger partial charge in [0.25, 0.3) is 0 Å². The molecule has 2 aromatic rings. The van der Waals surface area contributed by atoms with E-state index in [0.29, 0.717) is 12.6 Å². The molecular formula is C15H18N2O2. The van der Waals surface area contributed by atoms with E-state index in [4.69, 9.17) is 9.47 Å². The maximum atomic E-state index is 6.16. The molecule has 4 heteroatoms. The molecule has 0 spiro atoms. The number of ether oxygens (including phenoxy) is 2. The van der Waals surface area contributed by atoms with Crippen molar-refractivity contribution < 1.29 is 9.47 Å². The van der Waals surface area contributed by atoms with Crippen LogP contribution in [0.5, 0.6) is 5.75 Å². The van der Waals surface area contributed by atoms with Crippen LogP contribution in [0.25, 0.3) is 10.9 Å². The lowest BCUT2D eigenvalue weighted by Gasteiger charge is -2.25. The number of nitrogens with zero attached hydrogens (tertiary/aromatic N) is 2. The predicted molar refractivity (Wildman–Crippen MR) is 74.5 cm³/mol. The molecule has 1 aromatic carbocycles. The van der Waals surface area contributed by atoms with Crippen LogP contribution in [0, 0.1) is 0 Å². The second-order valence-corrected chi connectivity index (χ2v) is 5.05. The predicted octanol–water partition coefficient (Wildman–Crippen LogP) is 1.94. The van der Waals surface area contributed by atoms with Crippen molar-refractivity contribution in [3.63, 3.8) is 0 Å². The number of fused-ring (bicyclic) bond motifs is 1. The zero-order valence-electron chi connectivity index (χ0n) is 11.2. The summed E-state index contributed by atoms with van der Waals surface area (Å²) in [5.41, 5.74) is 0.959. The van der Waals surface area contributed by atoms with Gasteiger partial charge in [0.2, 0.25) is 0 Å². The summed E-state index contributed by atoms with van der Waals surface area (Å²) in [5, 5.41) is 1.05. The van der Waals surface area contributed by atoms with Crippen LogP contribution in [-0.4, -0.2) is 49.3 Å². The number of hydrogen-bond donors (Lipinski definition) is 0. The summed E-state index contributed by atoms with van der Waals surface area (Å²) >= 11 is 0. The maximum absolute atomic E-state index is 6.16. The molecule has 0 aliphatic carbocycles. The van der Waals surface area contributed by atoms with Gasteiger partial charge in [0.1, 0.15) is 11.9 Å². The second kappa shape index (κ2) is 5.15. The van der Waals surface area contributed by atoms with Crippen molar-refractivity contribution in [3.8, 4) is 5.75 Å². The van der Waals surface area contributed by atoms with E-state index in [1.165, 1.54) is 0 Å². The summed E-state index contributed by atoms with van der Waals surface area (Å²) in [6.45, 7) is 1.36. The Morgan fingerprint density at radius 1 is 1.21 bits per heavy atom. The number of likely N-dealkylation sites (N-methyl/N-ethyl adjacent to an activating group) is 1. The van der Waals surface area contributed by atoms with E-state index in [0.717, 1.165) is 23.3 Å². The van der Waals surface area contributed by atoms with E-state index in [1.807, 2.05) is 30.3 Å². The third-order valence-corrected chi connectivity index (χ3v) is 3.55. The maximum Gasteiger partial charge on any atom is 0.140 e. The normalized spacial score (nSPS) is 23.1. The number of rotatable bonds is 3. The number of aromatic nitrogens is 1. The van der Waals surface area contributed by atoms with Crippen LogP contribution in [0.15, 0.2) is 36.5 Å². The largest absolute Gasteiger partial charge is 0.486 e.